The molecule has 0 heterocycles. The van der Waals surface area contributed by atoms with Crippen molar-refractivity contribution in [2.75, 3.05) is 6.61 Å². The van der Waals surface area contributed by atoms with Gasteiger partial charge < -0.3 is 5.11 Å². The fraction of sp³-hybridized carbons (Fsp3) is 0.647. The molecule has 1 aromatic carbocycles. The molecule has 0 saturated carbocycles. The number of benzene rings is 1. The molecule has 1 rings (SSSR count). The quantitative estimate of drug-likeness (QED) is 0.822. The average Bonchev–Trinajstić information content (AvgIpc) is 2.25. The van der Waals surface area contributed by atoms with Crippen LogP contribution in [0, 0.1) is 5.41 Å². The summed E-state index contributed by atoms with van der Waals surface area (Å²) in [6.07, 6.45) is 3.01. The van der Waals surface area contributed by atoms with Crippen LogP contribution in [-0.4, -0.2) is 11.7 Å². The second-order valence-electron chi connectivity index (χ2n) is 7.11. The maximum Gasteiger partial charge on any atom is 0.0431 e. The van der Waals surface area contributed by atoms with E-state index in [9.17, 15) is 0 Å². The van der Waals surface area contributed by atoms with Crippen LogP contribution in [0.25, 0.3) is 0 Å². The Kier molecular flexibility index (Phi) is 4.98. The highest BCUT2D eigenvalue weighted by Crippen LogP contribution is 2.33. The number of hydrogen-bond donors (Lipinski definition) is 1. The van der Waals surface area contributed by atoms with E-state index in [1.807, 2.05) is 0 Å². The summed E-state index contributed by atoms with van der Waals surface area (Å²) in [5, 5.41) is 9.03. The first-order chi connectivity index (χ1) is 8.26. The topological polar surface area (TPSA) is 20.2 Å². The number of hydrogen-bond acceptors (Lipinski definition) is 1. The van der Waals surface area contributed by atoms with Crippen molar-refractivity contribution in [3.8, 4) is 0 Å². The van der Waals surface area contributed by atoms with Crippen molar-refractivity contribution in [1.82, 2.24) is 0 Å². The summed E-state index contributed by atoms with van der Waals surface area (Å²) in [6, 6.07) is 8.76. The first-order valence-corrected chi connectivity index (χ1v) is 6.95. The summed E-state index contributed by atoms with van der Waals surface area (Å²) in [7, 11) is 0. The molecule has 0 aliphatic carbocycles. The van der Waals surface area contributed by atoms with E-state index in [2.05, 4.69) is 58.9 Å². The predicted octanol–water partition coefficient (Wildman–Crippen LogP) is 4.33. The molecule has 0 aromatic heterocycles. The van der Waals surface area contributed by atoms with Gasteiger partial charge >= 0.3 is 0 Å². The lowest BCUT2D eigenvalue weighted by molar-refractivity contribution is 0.268. The Balaban J connectivity index is 3.00. The van der Waals surface area contributed by atoms with Crippen LogP contribution < -0.4 is 0 Å². The molecule has 0 aliphatic rings. The van der Waals surface area contributed by atoms with Crippen molar-refractivity contribution < 1.29 is 5.11 Å². The van der Waals surface area contributed by atoms with Crippen LogP contribution in [0.5, 0.6) is 0 Å². The minimum Gasteiger partial charge on any atom is -0.396 e. The third-order valence-electron chi connectivity index (χ3n) is 3.43. The Morgan fingerprint density at radius 1 is 1.00 bits per heavy atom. The summed E-state index contributed by atoms with van der Waals surface area (Å²) < 4.78 is 0. The zero-order chi connectivity index (χ0) is 13.8. The van der Waals surface area contributed by atoms with Crippen molar-refractivity contribution in [2.24, 2.45) is 5.41 Å². The molecule has 1 nitrogen and oxygen atoms in total. The third-order valence-corrected chi connectivity index (χ3v) is 3.43. The highest BCUT2D eigenvalue weighted by Gasteiger charge is 2.24. The van der Waals surface area contributed by atoms with Crippen molar-refractivity contribution >= 4 is 0 Å². The molecule has 1 aromatic rings. The standard InChI is InChI=1S/C17H28O/c1-16(2,3)13-14-9-6-7-10-15(14)17(4,5)11-8-12-18/h6-7,9-10,18H,8,11-13H2,1-5H3. The van der Waals surface area contributed by atoms with Gasteiger partial charge in [0.15, 0.2) is 0 Å². The summed E-state index contributed by atoms with van der Waals surface area (Å²) in [4.78, 5) is 0. The van der Waals surface area contributed by atoms with Crippen molar-refractivity contribution in [3.63, 3.8) is 0 Å². The number of aliphatic hydroxyl groups is 1. The van der Waals surface area contributed by atoms with Crippen LogP contribution in [-0.2, 0) is 11.8 Å². The summed E-state index contributed by atoms with van der Waals surface area (Å²) in [5.74, 6) is 0. The highest BCUT2D eigenvalue weighted by atomic mass is 16.2. The molecule has 0 atom stereocenters. The van der Waals surface area contributed by atoms with E-state index < -0.39 is 0 Å². The fourth-order valence-corrected chi connectivity index (χ4v) is 2.56. The molecule has 0 radical (unpaired) electrons. The van der Waals surface area contributed by atoms with Crippen LogP contribution in [0.4, 0.5) is 0 Å². The van der Waals surface area contributed by atoms with E-state index >= 15 is 0 Å². The molecule has 102 valence electrons. The third kappa shape index (κ3) is 4.45. The molecule has 1 N–H and O–H groups in total. The highest BCUT2D eigenvalue weighted by molar-refractivity contribution is 5.34. The SMILES string of the molecule is CC(C)(C)Cc1ccccc1C(C)(C)CCCO. The molecule has 18 heavy (non-hydrogen) atoms. The van der Waals surface area contributed by atoms with Crippen LogP contribution in [0.15, 0.2) is 24.3 Å². The van der Waals surface area contributed by atoms with Crippen LogP contribution in [0.3, 0.4) is 0 Å². The van der Waals surface area contributed by atoms with Gasteiger partial charge in [0, 0.05) is 6.61 Å². The Hall–Kier alpha value is -0.820. The molecule has 0 aliphatic heterocycles. The van der Waals surface area contributed by atoms with Crippen molar-refractivity contribution in [2.45, 2.75) is 59.3 Å². The van der Waals surface area contributed by atoms with Gasteiger partial charge in [-0.05, 0) is 41.2 Å². The van der Waals surface area contributed by atoms with Gasteiger partial charge in [-0.2, -0.15) is 0 Å². The zero-order valence-electron chi connectivity index (χ0n) is 12.6. The lowest BCUT2D eigenvalue weighted by atomic mass is 9.75. The predicted molar refractivity (Wildman–Crippen MR) is 78.9 cm³/mol. The minimum atomic E-state index is 0.143. The van der Waals surface area contributed by atoms with Gasteiger partial charge in [-0.15, -0.1) is 0 Å². The van der Waals surface area contributed by atoms with E-state index in [0.29, 0.717) is 5.41 Å². The summed E-state index contributed by atoms with van der Waals surface area (Å²) >= 11 is 0. The zero-order valence-corrected chi connectivity index (χ0v) is 12.6. The van der Waals surface area contributed by atoms with Gasteiger partial charge in [-0.25, -0.2) is 0 Å². The molecule has 0 spiro atoms. The Bertz CT molecular complexity index is 371. The number of rotatable bonds is 5. The largest absolute Gasteiger partial charge is 0.396 e. The second kappa shape index (κ2) is 5.88. The van der Waals surface area contributed by atoms with Gasteiger partial charge in [-0.1, -0.05) is 58.9 Å². The molecular weight excluding hydrogens is 220 g/mol. The molecule has 0 bridgehead atoms. The van der Waals surface area contributed by atoms with E-state index in [1.165, 1.54) is 11.1 Å². The Morgan fingerprint density at radius 2 is 1.61 bits per heavy atom. The molecule has 0 unspecified atom stereocenters. The normalized spacial score (nSPS) is 12.8. The maximum absolute atomic E-state index is 9.03. The molecular formula is C17H28O. The summed E-state index contributed by atoms with van der Waals surface area (Å²) in [5.41, 5.74) is 3.34. The van der Waals surface area contributed by atoms with Crippen LogP contribution in [0.2, 0.25) is 0 Å². The first kappa shape index (κ1) is 15.2. The maximum atomic E-state index is 9.03. The van der Waals surface area contributed by atoms with Crippen molar-refractivity contribution in [1.29, 1.82) is 0 Å². The monoisotopic (exact) mass is 248 g/mol. The molecule has 0 saturated heterocycles. The number of aliphatic hydroxyl groups excluding tert-OH is 1. The van der Waals surface area contributed by atoms with Crippen LogP contribution in [0.1, 0.15) is 58.6 Å². The minimum absolute atomic E-state index is 0.143. The van der Waals surface area contributed by atoms with Gasteiger partial charge in [0.1, 0.15) is 0 Å². The average molecular weight is 248 g/mol. The van der Waals surface area contributed by atoms with E-state index in [4.69, 9.17) is 5.11 Å². The molecule has 0 fully saturated rings. The van der Waals surface area contributed by atoms with Crippen molar-refractivity contribution in [3.05, 3.63) is 35.4 Å². The van der Waals surface area contributed by atoms with Crippen LogP contribution >= 0.6 is 0 Å². The second-order valence-corrected chi connectivity index (χ2v) is 7.11. The van der Waals surface area contributed by atoms with Gasteiger partial charge in [0.25, 0.3) is 0 Å². The molecule has 1 heteroatoms. The lowest BCUT2D eigenvalue weighted by Gasteiger charge is -2.30. The lowest BCUT2D eigenvalue weighted by Crippen LogP contribution is -2.22. The van der Waals surface area contributed by atoms with E-state index in [0.717, 1.165) is 19.3 Å². The van der Waals surface area contributed by atoms with Gasteiger partial charge in [-0.3, -0.25) is 0 Å². The van der Waals surface area contributed by atoms with E-state index in [-0.39, 0.29) is 12.0 Å². The fourth-order valence-electron chi connectivity index (χ4n) is 2.56. The van der Waals surface area contributed by atoms with Gasteiger partial charge in [0.05, 0.1) is 0 Å². The Morgan fingerprint density at radius 3 is 2.17 bits per heavy atom. The van der Waals surface area contributed by atoms with E-state index in [1.54, 1.807) is 0 Å². The first-order valence-electron chi connectivity index (χ1n) is 6.95. The molecule has 0 amide bonds. The van der Waals surface area contributed by atoms with Gasteiger partial charge in [0.2, 0.25) is 0 Å². The smallest absolute Gasteiger partial charge is 0.0431 e. The summed E-state index contributed by atoms with van der Waals surface area (Å²) in [6.45, 7) is 11.7. The Labute approximate surface area is 112 Å².